The maximum atomic E-state index is 11.1. The van der Waals surface area contributed by atoms with Gasteiger partial charge in [-0.3, -0.25) is 4.79 Å². The van der Waals surface area contributed by atoms with Crippen LogP contribution >= 0.6 is 0 Å². The van der Waals surface area contributed by atoms with E-state index < -0.39 is 0 Å². The zero-order valence-electron chi connectivity index (χ0n) is 14.7. The summed E-state index contributed by atoms with van der Waals surface area (Å²) < 4.78 is 0. The van der Waals surface area contributed by atoms with Crippen LogP contribution in [0.15, 0.2) is 12.2 Å². The smallest absolute Gasteiger partial charge is 0.132 e. The van der Waals surface area contributed by atoms with Gasteiger partial charge in [-0.05, 0) is 32.1 Å². The lowest BCUT2D eigenvalue weighted by molar-refractivity contribution is -0.118. The average Bonchev–Trinajstić information content (AvgIpc) is 2.50. The normalized spacial score (nSPS) is 11.3. The Balaban J connectivity index is 3.10. The van der Waals surface area contributed by atoms with E-state index in [1.165, 1.54) is 77.0 Å². The third kappa shape index (κ3) is 17.4. The molecule has 0 saturated carbocycles. The molecule has 0 aromatic carbocycles. The molecular formula is C20H38O. The monoisotopic (exact) mass is 294 g/mol. The Labute approximate surface area is 133 Å². The van der Waals surface area contributed by atoms with Crippen LogP contribution in [0.4, 0.5) is 0 Å². The van der Waals surface area contributed by atoms with Crippen LogP contribution in [0.5, 0.6) is 0 Å². The third-order valence-electron chi connectivity index (χ3n) is 4.11. The number of hydrogen-bond donors (Lipinski definition) is 0. The van der Waals surface area contributed by atoms with Crippen LogP contribution in [0.3, 0.4) is 0 Å². The Morgan fingerprint density at radius 2 is 1.14 bits per heavy atom. The summed E-state index contributed by atoms with van der Waals surface area (Å²) in [7, 11) is 0. The van der Waals surface area contributed by atoms with E-state index in [1.807, 2.05) is 6.92 Å². The van der Waals surface area contributed by atoms with Crippen molar-refractivity contribution >= 4 is 5.78 Å². The Morgan fingerprint density at radius 1 is 0.667 bits per heavy atom. The van der Waals surface area contributed by atoms with Gasteiger partial charge in [0.1, 0.15) is 5.78 Å². The molecule has 0 atom stereocenters. The predicted octanol–water partition coefficient (Wildman–Crippen LogP) is 7.00. The van der Waals surface area contributed by atoms with Crippen LogP contribution in [0.1, 0.15) is 110 Å². The Morgan fingerprint density at radius 3 is 1.67 bits per heavy atom. The van der Waals surface area contributed by atoms with Gasteiger partial charge in [0, 0.05) is 12.8 Å². The molecule has 0 N–H and O–H groups in total. The molecule has 1 nitrogen and oxygen atoms in total. The summed E-state index contributed by atoms with van der Waals surface area (Å²) in [5.74, 6) is 0.424. The van der Waals surface area contributed by atoms with Crippen molar-refractivity contribution in [2.45, 2.75) is 110 Å². The fraction of sp³-hybridized carbons (Fsp3) is 0.850. The third-order valence-corrected chi connectivity index (χ3v) is 4.11. The van der Waals surface area contributed by atoms with Crippen molar-refractivity contribution in [3.63, 3.8) is 0 Å². The molecule has 1 heteroatoms. The zero-order chi connectivity index (χ0) is 15.6. The van der Waals surface area contributed by atoms with E-state index in [0.717, 1.165) is 12.8 Å². The van der Waals surface area contributed by atoms with Crippen molar-refractivity contribution in [3.8, 4) is 0 Å². The lowest BCUT2D eigenvalue weighted by atomic mass is 10.1. The first kappa shape index (κ1) is 20.4. The number of allylic oxidation sites excluding steroid dienone is 2. The van der Waals surface area contributed by atoms with E-state index in [9.17, 15) is 4.79 Å². The molecule has 0 saturated heterocycles. The molecule has 0 aliphatic carbocycles. The minimum absolute atomic E-state index is 0.424. The lowest BCUT2D eigenvalue weighted by Crippen LogP contribution is -1.93. The topological polar surface area (TPSA) is 17.1 Å². The minimum Gasteiger partial charge on any atom is -0.300 e. The molecule has 0 aliphatic rings. The maximum absolute atomic E-state index is 11.1. The van der Waals surface area contributed by atoms with Crippen LogP contribution in [0, 0.1) is 0 Å². The van der Waals surface area contributed by atoms with Crippen molar-refractivity contribution in [1.29, 1.82) is 0 Å². The van der Waals surface area contributed by atoms with E-state index in [1.54, 1.807) is 0 Å². The molecule has 0 bridgehead atoms. The van der Waals surface area contributed by atoms with Gasteiger partial charge in [0.25, 0.3) is 0 Å². The highest BCUT2D eigenvalue weighted by Crippen LogP contribution is 2.10. The van der Waals surface area contributed by atoms with Crippen molar-refractivity contribution in [3.05, 3.63) is 12.2 Å². The molecule has 0 fully saturated rings. The highest BCUT2D eigenvalue weighted by Gasteiger charge is 1.97. The number of carbonyl (C=O) groups excluding carboxylic acids is 1. The van der Waals surface area contributed by atoms with Crippen molar-refractivity contribution in [2.75, 3.05) is 0 Å². The molecule has 0 rings (SSSR count). The molecular weight excluding hydrogens is 256 g/mol. The SMILES string of the molecule is CCCCCCCCC=CCCCCCCCC(=O)CC. The van der Waals surface area contributed by atoms with Crippen LogP contribution < -0.4 is 0 Å². The molecule has 0 aromatic rings. The first-order valence-corrected chi connectivity index (χ1v) is 9.48. The molecule has 21 heavy (non-hydrogen) atoms. The van der Waals surface area contributed by atoms with E-state index in [2.05, 4.69) is 19.1 Å². The lowest BCUT2D eigenvalue weighted by Gasteiger charge is -2.00. The number of carbonyl (C=O) groups is 1. The van der Waals surface area contributed by atoms with Gasteiger partial charge in [0.2, 0.25) is 0 Å². The second kappa shape index (κ2) is 17.5. The largest absolute Gasteiger partial charge is 0.300 e. The van der Waals surface area contributed by atoms with Gasteiger partial charge in [0.05, 0.1) is 0 Å². The summed E-state index contributed by atoms with van der Waals surface area (Å²) in [4.78, 5) is 11.1. The molecule has 0 heterocycles. The quantitative estimate of drug-likeness (QED) is 0.221. The van der Waals surface area contributed by atoms with E-state index in [4.69, 9.17) is 0 Å². The zero-order valence-corrected chi connectivity index (χ0v) is 14.7. The fourth-order valence-corrected chi connectivity index (χ4v) is 2.57. The minimum atomic E-state index is 0.424. The average molecular weight is 295 g/mol. The van der Waals surface area contributed by atoms with Gasteiger partial charge in [-0.2, -0.15) is 0 Å². The molecule has 124 valence electrons. The maximum Gasteiger partial charge on any atom is 0.132 e. The first-order chi connectivity index (χ1) is 10.3. The Hall–Kier alpha value is -0.590. The summed E-state index contributed by atoms with van der Waals surface area (Å²) in [6, 6.07) is 0. The van der Waals surface area contributed by atoms with Crippen LogP contribution in [-0.2, 0) is 4.79 Å². The van der Waals surface area contributed by atoms with Gasteiger partial charge in [-0.15, -0.1) is 0 Å². The molecule has 0 aliphatic heterocycles. The second-order valence-corrected chi connectivity index (χ2v) is 6.23. The summed E-state index contributed by atoms with van der Waals surface area (Å²) in [5, 5.41) is 0. The number of ketones is 1. The Kier molecular flexibility index (Phi) is 17.0. The first-order valence-electron chi connectivity index (χ1n) is 9.48. The van der Waals surface area contributed by atoms with Crippen molar-refractivity contribution in [1.82, 2.24) is 0 Å². The van der Waals surface area contributed by atoms with Gasteiger partial charge in [-0.1, -0.05) is 77.4 Å². The highest BCUT2D eigenvalue weighted by molar-refractivity contribution is 5.77. The molecule has 0 spiro atoms. The van der Waals surface area contributed by atoms with E-state index in [-0.39, 0.29) is 0 Å². The van der Waals surface area contributed by atoms with E-state index >= 15 is 0 Å². The number of hydrogen-bond acceptors (Lipinski definition) is 1. The fourth-order valence-electron chi connectivity index (χ4n) is 2.57. The predicted molar refractivity (Wildman–Crippen MR) is 94.8 cm³/mol. The van der Waals surface area contributed by atoms with Gasteiger partial charge >= 0.3 is 0 Å². The van der Waals surface area contributed by atoms with Crippen molar-refractivity contribution < 1.29 is 4.79 Å². The summed E-state index contributed by atoms with van der Waals surface area (Å²) >= 11 is 0. The molecule has 0 amide bonds. The van der Waals surface area contributed by atoms with Crippen LogP contribution in [-0.4, -0.2) is 5.78 Å². The highest BCUT2D eigenvalue weighted by atomic mass is 16.1. The molecule has 0 radical (unpaired) electrons. The Bertz CT molecular complexity index is 242. The van der Waals surface area contributed by atoms with Crippen LogP contribution in [0.25, 0.3) is 0 Å². The standard InChI is InChI=1S/C20H38O/c1-3-5-6-7-8-9-10-11-12-13-14-15-16-17-18-19-20(21)4-2/h11-12H,3-10,13-19H2,1-2H3. The van der Waals surface area contributed by atoms with E-state index in [0.29, 0.717) is 12.2 Å². The van der Waals surface area contributed by atoms with Gasteiger partial charge < -0.3 is 0 Å². The van der Waals surface area contributed by atoms with Crippen LogP contribution in [0.2, 0.25) is 0 Å². The number of rotatable bonds is 16. The number of Topliss-reactive ketones (excluding diaryl/α,β-unsaturated/α-hetero) is 1. The summed E-state index contributed by atoms with van der Waals surface area (Å²) in [5.41, 5.74) is 0. The van der Waals surface area contributed by atoms with Gasteiger partial charge in [0.15, 0.2) is 0 Å². The second-order valence-electron chi connectivity index (χ2n) is 6.23. The summed E-state index contributed by atoms with van der Waals surface area (Å²) in [6.07, 6.45) is 23.4. The summed E-state index contributed by atoms with van der Waals surface area (Å²) in [6.45, 7) is 4.23. The van der Waals surface area contributed by atoms with Crippen molar-refractivity contribution in [2.24, 2.45) is 0 Å². The van der Waals surface area contributed by atoms with Gasteiger partial charge in [-0.25, -0.2) is 0 Å². The molecule has 0 unspecified atom stereocenters. The molecule has 0 aromatic heterocycles. The number of unbranched alkanes of at least 4 members (excludes halogenated alkanes) is 11.